The predicted molar refractivity (Wildman–Crippen MR) is 100 cm³/mol. The second-order valence-electron chi connectivity index (χ2n) is 5.99. The zero-order valence-corrected chi connectivity index (χ0v) is 15.2. The lowest BCUT2D eigenvalue weighted by atomic mass is 10.1. The Morgan fingerprint density at radius 1 is 1.19 bits per heavy atom. The first kappa shape index (κ1) is 19.9. The molecule has 0 bridgehead atoms. The highest BCUT2D eigenvalue weighted by Gasteiger charge is 2.22. The third-order valence-electron chi connectivity index (χ3n) is 3.86. The van der Waals surface area contributed by atoms with E-state index in [2.05, 4.69) is 5.32 Å². The summed E-state index contributed by atoms with van der Waals surface area (Å²) in [4.78, 5) is 26.3. The quantitative estimate of drug-likeness (QED) is 0.778. The van der Waals surface area contributed by atoms with Crippen LogP contribution in [-0.4, -0.2) is 29.8 Å². The molecule has 1 atom stereocenters. The van der Waals surface area contributed by atoms with Gasteiger partial charge in [-0.1, -0.05) is 42.8 Å². The van der Waals surface area contributed by atoms with Gasteiger partial charge in [-0.3, -0.25) is 9.59 Å². The molecule has 0 saturated carbocycles. The second-order valence-corrected chi connectivity index (χ2v) is 6.42. The second kappa shape index (κ2) is 9.31. The summed E-state index contributed by atoms with van der Waals surface area (Å²) < 4.78 is 13.7. The van der Waals surface area contributed by atoms with E-state index in [0.717, 1.165) is 5.56 Å². The van der Waals surface area contributed by atoms with Gasteiger partial charge >= 0.3 is 0 Å². The molecule has 3 N–H and O–H groups in total. The normalized spacial score (nSPS) is 11.7. The summed E-state index contributed by atoms with van der Waals surface area (Å²) in [5.74, 6) is -1.69. The van der Waals surface area contributed by atoms with Gasteiger partial charge in [0, 0.05) is 24.0 Å². The van der Waals surface area contributed by atoms with Crippen molar-refractivity contribution in [2.45, 2.75) is 13.5 Å². The van der Waals surface area contributed by atoms with Crippen LogP contribution >= 0.6 is 11.6 Å². The summed E-state index contributed by atoms with van der Waals surface area (Å²) in [5, 5.41) is 3.07. The van der Waals surface area contributed by atoms with Crippen molar-refractivity contribution in [3.8, 4) is 0 Å². The Bertz CT molecular complexity index is 768. The van der Waals surface area contributed by atoms with Gasteiger partial charge in [0.25, 0.3) is 0 Å². The van der Waals surface area contributed by atoms with Crippen molar-refractivity contribution in [3.05, 3.63) is 64.9 Å². The Morgan fingerprint density at radius 3 is 2.46 bits per heavy atom. The number of amides is 2. The maximum absolute atomic E-state index is 13.7. The summed E-state index contributed by atoms with van der Waals surface area (Å²) in [6, 6.07) is 12.9. The number of hydrogen-bond donors (Lipinski definition) is 2. The smallest absolute Gasteiger partial charge is 0.244 e. The van der Waals surface area contributed by atoms with Gasteiger partial charge in [0.1, 0.15) is 12.4 Å². The molecule has 7 heteroatoms. The summed E-state index contributed by atoms with van der Waals surface area (Å²) in [5.41, 5.74) is 6.48. The van der Waals surface area contributed by atoms with Gasteiger partial charge in [-0.05, 0) is 29.8 Å². The van der Waals surface area contributed by atoms with Crippen LogP contribution < -0.4 is 11.1 Å². The molecule has 0 aromatic heterocycles. The number of halogens is 2. The van der Waals surface area contributed by atoms with E-state index in [-0.39, 0.29) is 31.2 Å². The number of nitrogens with one attached hydrogen (secondary N) is 1. The molecule has 0 radical (unpaired) electrons. The molecule has 0 aliphatic heterocycles. The van der Waals surface area contributed by atoms with Crippen LogP contribution in [0.25, 0.3) is 0 Å². The van der Waals surface area contributed by atoms with Crippen LogP contribution in [0.15, 0.2) is 48.5 Å². The molecule has 2 amide bonds. The van der Waals surface area contributed by atoms with Crippen molar-refractivity contribution in [1.29, 1.82) is 0 Å². The fraction of sp³-hybridized carbons (Fsp3) is 0.263. The number of nitrogens with two attached hydrogens (primary N) is 1. The Kier molecular flexibility index (Phi) is 7.12. The molecular formula is C19H21ClFN3O2. The zero-order chi connectivity index (χ0) is 19.1. The van der Waals surface area contributed by atoms with E-state index in [4.69, 9.17) is 17.3 Å². The minimum Gasteiger partial charge on any atom is -0.330 e. The lowest BCUT2D eigenvalue weighted by Gasteiger charge is -2.25. The molecule has 2 aromatic rings. The van der Waals surface area contributed by atoms with Crippen LogP contribution in [-0.2, 0) is 16.1 Å². The van der Waals surface area contributed by atoms with Crippen LogP contribution in [0, 0.1) is 11.7 Å². The van der Waals surface area contributed by atoms with Crippen molar-refractivity contribution in [2.24, 2.45) is 11.7 Å². The highest BCUT2D eigenvalue weighted by Crippen LogP contribution is 2.15. The van der Waals surface area contributed by atoms with Crippen molar-refractivity contribution in [1.82, 2.24) is 4.90 Å². The number of anilines is 1. The minimum atomic E-state index is -0.535. The van der Waals surface area contributed by atoms with Gasteiger partial charge < -0.3 is 16.0 Å². The molecule has 138 valence electrons. The van der Waals surface area contributed by atoms with Crippen LogP contribution in [0.2, 0.25) is 5.02 Å². The Morgan fingerprint density at radius 2 is 1.85 bits per heavy atom. The lowest BCUT2D eigenvalue weighted by molar-refractivity contribution is -0.138. The third kappa shape index (κ3) is 5.54. The predicted octanol–water partition coefficient (Wildman–Crippen LogP) is 3.04. The highest BCUT2D eigenvalue weighted by molar-refractivity contribution is 6.30. The van der Waals surface area contributed by atoms with Crippen molar-refractivity contribution >= 4 is 29.1 Å². The monoisotopic (exact) mass is 377 g/mol. The van der Waals surface area contributed by atoms with Gasteiger partial charge in [0.15, 0.2) is 0 Å². The number of para-hydroxylation sites is 1. The SMILES string of the molecule is CC(CN)C(=O)N(CC(=O)Nc1ccccc1F)Cc1ccc(Cl)cc1. The topological polar surface area (TPSA) is 75.4 Å². The van der Waals surface area contributed by atoms with E-state index in [0.29, 0.717) is 5.02 Å². The van der Waals surface area contributed by atoms with Gasteiger partial charge in [-0.25, -0.2) is 4.39 Å². The summed E-state index contributed by atoms with van der Waals surface area (Å²) in [6.07, 6.45) is 0. The molecule has 0 aliphatic rings. The minimum absolute atomic E-state index is 0.0725. The number of carbonyl (C=O) groups excluding carboxylic acids is 2. The van der Waals surface area contributed by atoms with Crippen LogP contribution in [0.5, 0.6) is 0 Å². The molecule has 0 aliphatic carbocycles. The number of nitrogens with zero attached hydrogens (tertiary/aromatic N) is 1. The molecule has 26 heavy (non-hydrogen) atoms. The van der Waals surface area contributed by atoms with Crippen LogP contribution in [0.1, 0.15) is 12.5 Å². The maximum Gasteiger partial charge on any atom is 0.244 e. The first-order valence-electron chi connectivity index (χ1n) is 8.18. The molecule has 0 spiro atoms. The van der Waals surface area contributed by atoms with Gasteiger partial charge in [0.05, 0.1) is 5.69 Å². The molecule has 2 aromatic carbocycles. The van der Waals surface area contributed by atoms with E-state index >= 15 is 0 Å². The number of benzene rings is 2. The third-order valence-corrected chi connectivity index (χ3v) is 4.11. The first-order valence-corrected chi connectivity index (χ1v) is 8.56. The number of rotatable bonds is 7. The van der Waals surface area contributed by atoms with E-state index in [1.165, 1.54) is 23.1 Å². The Balaban J connectivity index is 2.12. The standard InChI is InChI=1S/C19H21ClFN3O2/c1-13(10-22)19(26)24(11-14-6-8-15(20)9-7-14)12-18(25)23-17-5-3-2-4-16(17)21/h2-9,13H,10-12,22H2,1H3,(H,23,25). The van der Waals surface area contributed by atoms with E-state index in [1.807, 2.05) is 0 Å². The molecule has 0 heterocycles. The van der Waals surface area contributed by atoms with Gasteiger partial charge in [0.2, 0.25) is 11.8 Å². The Hall–Kier alpha value is -2.44. The summed E-state index contributed by atoms with van der Waals surface area (Å²) in [6.45, 7) is 1.89. The Labute approximate surface area is 156 Å². The number of hydrogen-bond acceptors (Lipinski definition) is 3. The fourth-order valence-electron chi connectivity index (χ4n) is 2.36. The molecule has 0 fully saturated rings. The first-order chi connectivity index (χ1) is 12.4. The average molecular weight is 378 g/mol. The van der Waals surface area contributed by atoms with Crippen molar-refractivity contribution < 1.29 is 14.0 Å². The highest BCUT2D eigenvalue weighted by atomic mass is 35.5. The largest absolute Gasteiger partial charge is 0.330 e. The van der Waals surface area contributed by atoms with Crippen LogP contribution in [0.4, 0.5) is 10.1 Å². The van der Waals surface area contributed by atoms with Crippen molar-refractivity contribution in [3.63, 3.8) is 0 Å². The maximum atomic E-state index is 13.7. The van der Waals surface area contributed by atoms with E-state index in [9.17, 15) is 14.0 Å². The number of carbonyl (C=O) groups is 2. The molecule has 5 nitrogen and oxygen atoms in total. The van der Waals surface area contributed by atoms with Crippen LogP contribution in [0.3, 0.4) is 0 Å². The molecular weight excluding hydrogens is 357 g/mol. The fourth-order valence-corrected chi connectivity index (χ4v) is 2.49. The molecule has 1 unspecified atom stereocenters. The molecule has 0 saturated heterocycles. The lowest BCUT2D eigenvalue weighted by Crippen LogP contribution is -2.42. The molecule has 2 rings (SSSR count). The average Bonchev–Trinajstić information content (AvgIpc) is 2.63. The van der Waals surface area contributed by atoms with E-state index < -0.39 is 17.6 Å². The van der Waals surface area contributed by atoms with Gasteiger partial charge in [-0.15, -0.1) is 0 Å². The summed E-state index contributed by atoms with van der Waals surface area (Å²) in [7, 11) is 0. The van der Waals surface area contributed by atoms with Crippen molar-refractivity contribution in [2.75, 3.05) is 18.4 Å². The zero-order valence-electron chi connectivity index (χ0n) is 14.4. The van der Waals surface area contributed by atoms with E-state index in [1.54, 1.807) is 37.3 Å². The summed E-state index contributed by atoms with van der Waals surface area (Å²) >= 11 is 5.88. The van der Waals surface area contributed by atoms with Gasteiger partial charge in [-0.2, -0.15) is 0 Å².